The molecule has 6 heteroatoms. The van der Waals surface area contributed by atoms with Crippen LogP contribution in [-0.2, 0) is 22.6 Å². The van der Waals surface area contributed by atoms with Crippen LogP contribution in [0.5, 0.6) is 0 Å². The van der Waals surface area contributed by atoms with Gasteiger partial charge in [-0.05, 0) is 42.7 Å². The number of rotatable bonds is 10. The molecule has 5 nitrogen and oxygen atoms in total. The topological polar surface area (TPSA) is 55.1 Å². The minimum atomic E-state index is -0.619. The van der Waals surface area contributed by atoms with Gasteiger partial charge >= 0.3 is 0 Å². The van der Waals surface area contributed by atoms with Gasteiger partial charge in [-0.1, -0.05) is 12.1 Å². The second-order valence-electron chi connectivity index (χ2n) is 6.70. The minimum Gasteiger partial charge on any atom is -0.467 e. The molecule has 1 fully saturated rings. The molecule has 0 bridgehead atoms. The van der Waals surface area contributed by atoms with Gasteiger partial charge in [0.15, 0.2) is 0 Å². The number of aliphatic hydroxyl groups is 1. The van der Waals surface area contributed by atoms with E-state index < -0.39 is 6.10 Å². The molecule has 0 unspecified atom stereocenters. The van der Waals surface area contributed by atoms with Crippen molar-refractivity contribution in [1.29, 1.82) is 0 Å². The zero-order valence-corrected chi connectivity index (χ0v) is 14.9. The number of hydrogen-bond donors (Lipinski definition) is 1. The van der Waals surface area contributed by atoms with E-state index in [1.54, 1.807) is 24.5 Å². The lowest BCUT2D eigenvalue weighted by Gasteiger charge is -2.27. The summed E-state index contributed by atoms with van der Waals surface area (Å²) in [7, 11) is 0. The van der Waals surface area contributed by atoms with Crippen LogP contribution in [0.4, 0.5) is 4.39 Å². The molecule has 0 radical (unpaired) electrons. The lowest BCUT2D eigenvalue weighted by molar-refractivity contribution is -0.00636. The van der Waals surface area contributed by atoms with Gasteiger partial charge in [0, 0.05) is 26.2 Å². The summed E-state index contributed by atoms with van der Waals surface area (Å²) in [5, 5.41) is 10.3. The Morgan fingerprint density at radius 3 is 2.81 bits per heavy atom. The number of hydrogen-bond acceptors (Lipinski definition) is 5. The van der Waals surface area contributed by atoms with Gasteiger partial charge in [0.25, 0.3) is 0 Å². The Balaban J connectivity index is 1.50. The molecular weight excluding hydrogens is 337 g/mol. The lowest BCUT2D eigenvalue weighted by atomic mass is 10.1. The van der Waals surface area contributed by atoms with Crippen LogP contribution in [0.15, 0.2) is 47.1 Å². The molecule has 1 N–H and O–H groups in total. The molecular formula is C20H26FNO4. The van der Waals surface area contributed by atoms with E-state index in [4.69, 9.17) is 13.9 Å². The van der Waals surface area contributed by atoms with Gasteiger partial charge in [0.2, 0.25) is 0 Å². The second kappa shape index (κ2) is 9.83. The Morgan fingerprint density at radius 2 is 2.12 bits per heavy atom. The molecule has 1 aliphatic rings. The minimum absolute atomic E-state index is 0.187. The highest BCUT2D eigenvalue weighted by atomic mass is 19.1. The van der Waals surface area contributed by atoms with E-state index >= 15 is 0 Å². The van der Waals surface area contributed by atoms with E-state index in [9.17, 15) is 9.50 Å². The van der Waals surface area contributed by atoms with Crippen molar-refractivity contribution >= 4 is 0 Å². The molecule has 2 heterocycles. The number of halogens is 1. The fraction of sp³-hybridized carbons (Fsp3) is 0.500. The van der Waals surface area contributed by atoms with E-state index in [1.165, 1.54) is 12.1 Å². The van der Waals surface area contributed by atoms with Crippen molar-refractivity contribution in [2.75, 3.05) is 26.3 Å². The van der Waals surface area contributed by atoms with Crippen LogP contribution in [0.25, 0.3) is 0 Å². The van der Waals surface area contributed by atoms with Crippen LogP contribution in [0.3, 0.4) is 0 Å². The predicted molar refractivity (Wildman–Crippen MR) is 95.0 cm³/mol. The van der Waals surface area contributed by atoms with Crippen molar-refractivity contribution in [2.24, 2.45) is 0 Å². The monoisotopic (exact) mass is 363 g/mol. The molecule has 0 spiro atoms. The first kappa shape index (κ1) is 19.0. The Bertz CT molecular complexity index is 626. The molecule has 0 saturated carbocycles. The number of furan rings is 1. The SMILES string of the molecule is O[C@@H](COCc1ccco1)CN(Cc1ccc(F)cc1)C[C@@H]1CCCO1. The Labute approximate surface area is 153 Å². The molecule has 1 saturated heterocycles. The van der Waals surface area contributed by atoms with Crippen LogP contribution in [0.2, 0.25) is 0 Å². The fourth-order valence-electron chi connectivity index (χ4n) is 3.17. The second-order valence-corrected chi connectivity index (χ2v) is 6.70. The third kappa shape index (κ3) is 6.21. The van der Waals surface area contributed by atoms with Gasteiger partial charge in [-0.2, -0.15) is 0 Å². The summed E-state index contributed by atoms with van der Waals surface area (Å²) < 4.78 is 29.6. The van der Waals surface area contributed by atoms with E-state index in [1.807, 2.05) is 6.07 Å². The maximum absolute atomic E-state index is 13.1. The van der Waals surface area contributed by atoms with E-state index in [2.05, 4.69) is 4.90 Å². The highest BCUT2D eigenvalue weighted by Crippen LogP contribution is 2.16. The van der Waals surface area contributed by atoms with E-state index in [0.717, 1.165) is 37.3 Å². The summed E-state index contributed by atoms with van der Waals surface area (Å²) in [6, 6.07) is 10.1. The van der Waals surface area contributed by atoms with Crippen LogP contribution in [0.1, 0.15) is 24.2 Å². The number of ether oxygens (including phenoxy) is 2. The molecule has 0 aliphatic carbocycles. The summed E-state index contributed by atoms with van der Waals surface area (Å²) in [6.07, 6.45) is 3.27. The first-order chi connectivity index (χ1) is 12.7. The van der Waals surface area contributed by atoms with Crippen molar-refractivity contribution < 1.29 is 23.4 Å². The van der Waals surface area contributed by atoms with Crippen molar-refractivity contribution in [3.05, 3.63) is 59.8 Å². The summed E-state index contributed by atoms with van der Waals surface area (Å²) in [6.45, 7) is 3.21. The first-order valence-electron chi connectivity index (χ1n) is 9.05. The van der Waals surface area contributed by atoms with Crippen LogP contribution >= 0.6 is 0 Å². The van der Waals surface area contributed by atoms with Crippen molar-refractivity contribution in [3.63, 3.8) is 0 Å². The van der Waals surface area contributed by atoms with Crippen molar-refractivity contribution in [3.8, 4) is 0 Å². The highest BCUT2D eigenvalue weighted by molar-refractivity contribution is 5.16. The molecule has 2 aromatic rings. The van der Waals surface area contributed by atoms with Gasteiger partial charge in [0.05, 0.1) is 25.1 Å². The van der Waals surface area contributed by atoms with Crippen molar-refractivity contribution in [1.82, 2.24) is 4.90 Å². The average Bonchev–Trinajstić information content (AvgIpc) is 3.31. The lowest BCUT2D eigenvalue weighted by Crippen LogP contribution is -2.39. The fourth-order valence-corrected chi connectivity index (χ4v) is 3.17. The van der Waals surface area contributed by atoms with Crippen molar-refractivity contribution in [2.45, 2.75) is 38.2 Å². The summed E-state index contributed by atoms with van der Waals surface area (Å²) >= 11 is 0. The maximum Gasteiger partial charge on any atom is 0.129 e. The Hall–Kier alpha value is -1.73. The standard InChI is InChI=1S/C20H26FNO4/c21-17-7-5-16(6-8-17)11-22(13-19-3-1-9-25-19)12-18(23)14-24-15-20-4-2-10-26-20/h2,4-8,10,18-19,23H,1,3,9,11-15H2/t18-,19+/m1/s1. The van der Waals surface area contributed by atoms with Gasteiger partial charge in [0.1, 0.15) is 18.2 Å². The van der Waals surface area contributed by atoms with Crippen LogP contribution in [0, 0.1) is 5.82 Å². The predicted octanol–water partition coefficient (Wildman–Crippen LogP) is 2.98. The van der Waals surface area contributed by atoms with Crippen LogP contribution in [-0.4, -0.2) is 48.5 Å². The maximum atomic E-state index is 13.1. The molecule has 26 heavy (non-hydrogen) atoms. The average molecular weight is 363 g/mol. The normalized spacial score (nSPS) is 18.5. The quantitative estimate of drug-likeness (QED) is 0.703. The zero-order chi connectivity index (χ0) is 18.2. The van der Waals surface area contributed by atoms with Crippen LogP contribution < -0.4 is 0 Å². The van der Waals surface area contributed by atoms with Gasteiger partial charge in [-0.25, -0.2) is 4.39 Å². The van der Waals surface area contributed by atoms with E-state index in [-0.39, 0.29) is 18.5 Å². The smallest absolute Gasteiger partial charge is 0.129 e. The van der Waals surface area contributed by atoms with Gasteiger partial charge in [-0.3, -0.25) is 4.90 Å². The molecule has 0 amide bonds. The largest absolute Gasteiger partial charge is 0.467 e. The summed E-state index contributed by atoms with van der Waals surface area (Å²) in [5.41, 5.74) is 1.01. The molecule has 142 valence electrons. The molecule has 1 aromatic heterocycles. The Morgan fingerprint density at radius 1 is 1.27 bits per heavy atom. The first-order valence-corrected chi connectivity index (χ1v) is 9.05. The highest BCUT2D eigenvalue weighted by Gasteiger charge is 2.21. The number of benzene rings is 1. The number of aliphatic hydroxyl groups excluding tert-OH is 1. The third-order valence-corrected chi connectivity index (χ3v) is 4.41. The molecule has 3 rings (SSSR count). The Kier molecular flexibility index (Phi) is 7.20. The molecule has 1 aliphatic heterocycles. The van der Waals surface area contributed by atoms with Gasteiger partial charge < -0.3 is 19.0 Å². The summed E-state index contributed by atoms with van der Waals surface area (Å²) in [4.78, 5) is 2.14. The molecule has 1 aromatic carbocycles. The van der Waals surface area contributed by atoms with E-state index in [0.29, 0.717) is 19.7 Å². The summed E-state index contributed by atoms with van der Waals surface area (Å²) in [5.74, 6) is 0.491. The zero-order valence-electron chi connectivity index (χ0n) is 14.9. The molecule has 2 atom stereocenters. The van der Waals surface area contributed by atoms with Gasteiger partial charge in [-0.15, -0.1) is 0 Å². The number of nitrogens with zero attached hydrogens (tertiary/aromatic N) is 1. The third-order valence-electron chi connectivity index (χ3n) is 4.41.